The number of nitro groups is 1. The summed E-state index contributed by atoms with van der Waals surface area (Å²) in [6, 6.07) is 7.29. The van der Waals surface area contributed by atoms with Crippen molar-refractivity contribution in [3.05, 3.63) is 39.9 Å². The predicted molar refractivity (Wildman–Crippen MR) is 107 cm³/mol. The fourth-order valence-corrected chi connectivity index (χ4v) is 5.44. The Morgan fingerprint density at radius 1 is 1.19 bits per heavy atom. The van der Waals surface area contributed by atoms with Crippen molar-refractivity contribution in [2.45, 2.75) is 61.4 Å². The molecular formula is C19H25Cl2N3O3. The van der Waals surface area contributed by atoms with Crippen molar-refractivity contribution in [3.63, 3.8) is 0 Å². The lowest BCUT2D eigenvalue weighted by Gasteiger charge is -2.51. The van der Waals surface area contributed by atoms with Crippen molar-refractivity contribution in [2.24, 2.45) is 0 Å². The molecule has 0 bridgehead atoms. The molecule has 2 aliphatic rings. The highest BCUT2D eigenvalue weighted by Crippen LogP contribution is 2.53. The summed E-state index contributed by atoms with van der Waals surface area (Å²) in [5.41, 5.74) is -0.588. The average Bonchev–Trinajstić information content (AvgIpc) is 3.12. The van der Waals surface area contributed by atoms with E-state index in [2.05, 4.69) is 5.32 Å². The molecule has 1 saturated carbocycles. The van der Waals surface area contributed by atoms with Gasteiger partial charge in [-0.15, -0.1) is 23.2 Å². The fourth-order valence-electron chi connectivity index (χ4n) is 4.74. The maximum absolute atomic E-state index is 12.5. The van der Waals surface area contributed by atoms with Crippen LogP contribution in [0.5, 0.6) is 0 Å². The number of benzene rings is 1. The van der Waals surface area contributed by atoms with Crippen molar-refractivity contribution in [1.29, 1.82) is 0 Å². The summed E-state index contributed by atoms with van der Waals surface area (Å²) in [5.74, 6) is -0.158. The normalized spacial score (nSPS) is 34.4. The van der Waals surface area contributed by atoms with Gasteiger partial charge in [-0.25, -0.2) is 4.90 Å². The van der Waals surface area contributed by atoms with Crippen LogP contribution >= 0.6 is 23.2 Å². The van der Waals surface area contributed by atoms with Crippen LogP contribution in [0.1, 0.15) is 45.1 Å². The monoisotopic (exact) mass is 413 g/mol. The number of hydrogen-bond acceptors (Lipinski definition) is 4. The zero-order valence-corrected chi connectivity index (χ0v) is 17.1. The Kier molecular flexibility index (Phi) is 5.71. The second kappa shape index (κ2) is 7.57. The van der Waals surface area contributed by atoms with Gasteiger partial charge in [-0.2, -0.15) is 0 Å². The van der Waals surface area contributed by atoms with Crippen molar-refractivity contribution >= 4 is 34.8 Å². The minimum absolute atomic E-state index is 0.141. The first kappa shape index (κ1) is 20.4. The molecule has 148 valence electrons. The van der Waals surface area contributed by atoms with E-state index >= 15 is 0 Å². The molecule has 4 atom stereocenters. The van der Waals surface area contributed by atoms with E-state index in [-0.39, 0.29) is 22.6 Å². The Morgan fingerprint density at radius 2 is 1.74 bits per heavy atom. The molecule has 4 unspecified atom stereocenters. The van der Waals surface area contributed by atoms with Gasteiger partial charge in [0.25, 0.3) is 5.66 Å². The van der Waals surface area contributed by atoms with E-state index in [0.717, 1.165) is 18.4 Å². The van der Waals surface area contributed by atoms with Crippen LogP contribution in [0.4, 0.5) is 5.69 Å². The smallest absolute Gasteiger partial charge is 0.288 e. The molecule has 1 saturated heterocycles. The Bertz CT molecular complexity index is 723. The number of nitrogens with one attached hydrogen (secondary N) is 1. The first-order chi connectivity index (χ1) is 12.7. The first-order valence-electron chi connectivity index (χ1n) is 9.26. The molecule has 1 heterocycles. The average molecular weight is 414 g/mol. The zero-order valence-electron chi connectivity index (χ0n) is 15.6. The molecule has 27 heavy (non-hydrogen) atoms. The summed E-state index contributed by atoms with van der Waals surface area (Å²) in [7, 11) is 0. The number of rotatable bonds is 4. The van der Waals surface area contributed by atoms with E-state index in [0.29, 0.717) is 25.2 Å². The zero-order chi connectivity index (χ0) is 19.8. The van der Waals surface area contributed by atoms with Crippen molar-refractivity contribution in [3.8, 4) is 0 Å². The van der Waals surface area contributed by atoms with Crippen LogP contribution < -0.4 is 5.32 Å². The number of halogens is 2. The minimum atomic E-state index is -1.29. The Hall–Kier alpha value is -1.37. The fraction of sp³-hybridized carbons (Fsp3) is 0.632. The third kappa shape index (κ3) is 3.43. The highest BCUT2D eigenvalue weighted by molar-refractivity contribution is 6.30. The number of amides is 1. The van der Waals surface area contributed by atoms with E-state index in [9.17, 15) is 14.9 Å². The van der Waals surface area contributed by atoms with Gasteiger partial charge in [0, 0.05) is 30.6 Å². The number of carbonyl (C=O) groups is 1. The highest BCUT2D eigenvalue weighted by Gasteiger charge is 2.67. The summed E-state index contributed by atoms with van der Waals surface area (Å²) in [6.45, 7) is 4.76. The maximum Gasteiger partial charge on any atom is 0.288 e. The lowest BCUT2D eigenvalue weighted by molar-refractivity contribution is -0.619. The van der Waals surface area contributed by atoms with Gasteiger partial charge in [-0.3, -0.25) is 14.9 Å². The minimum Gasteiger partial charge on any atom is -0.326 e. The molecule has 1 aliphatic heterocycles. The topological polar surface area (TPSA) is 75.5 Å². The van der Waals surface area contributed by atoms with Crippen molar-refractivity contribution in [2.75, 3.05) is 18.4 Å². The lowest BCUT2D eigenvalue weighted by atomic mass is 9.62. The molecule has 8 heteroatoms. The quantitative estimate of drug-likeness (QED) is 0.460. The van der Waals surface area contributed by atoms with E-state index in [1.807, 2.05) is 24.0 Å². The lowest BCUT2D eigenvalue weighted by Crippen LogP contribution is -2.69. The van der Waals surface area contributed by atoms with E-state index < -0.39 is 16.5 Å². The number of anilines is 1. The predicted octanol–water partition coefficient (Wildman–Crippen LogP) is 3.98. The Labute approximate surface area is 169 Å². The Morgan fingerprint density at radius 3 is 2.26 bits per heavy atom. The van der Waals surface area contributed by atoms with Gasteiger partial charge in [-0.1, -0.05) is 12.1 Å². The molecule has 2 fully saturated rings. The summed E-state index contributed by atoms with van der Waals surface area (Å²) in [4.78, 5) is 25.6. The summed E-state index contributed by atoms with van der Waals surface area (Å²) < 4.78 is 0. The summed E-state index contributed by atoms with van der Waals surface area (Å²) >= 11 is 13.0. The molecule has 0 aromatic heterocycles. The molecular weight excluding hydrogens is 389 g/mol. The molecule has 1 aromatic carbocycles. The van der Waals surface area contributed by atoms with Crippen LogP contribution in [-0.4, -0.2) is 45.2 Å². The second-order valence-electron chi connectivity index (χ2n) is 7.80. The first-order valence-corrected chi connectivity index (χ1v) is 10.1. The Balaban J connectivity index is 2.08. The molecule has 3 rings (SSSR count). The molecule has 0 radical (unpaired) electrons. The number of alkyl halides is 2. The van der Waals surface area contributed by atoms with Gasteiger partial charge >= 0.3 is 0 Å². The number of nitrogens with zero attached hydrogens (tertiary/aromatic N) is 2. The molecule has 1 amide bonds. The van der Waals surface area contributed by atoms with Gasteiger partial charge < -0.3 is 5.32 Å². The van der Waals surface area contributed by atoms with Crippen LogP contribution in [0.25, 0.3) is 0 Å². The molecule has 0 spiro atoms. The van der Waals surface area contributed by atoms with Gasteiger partial charge in [-0.05, 0) is 43.9 Å². The number of likely N-dealkylation sites (tertiary alicyclic amines) is 1. The van der Waals surface area contributed by atoms with Crippen LogP contribution in [0.3, 0.4) is 0 Å². The largest absolute Gasteiger partial charge is 0.326 e. The second-order valence-corrected chi connectivity index (χ2v) is 8.92. The van der Waals surface area contributed by atoms with Gasteiger partial charge in [0.15, 0.2) is 0 Å². The van der Waals surface area contributed by atoms with Crippen molar-refractivity contribution < 1.29 is 9.72 Å². The van der Waals surface area contributed by atoms with Crippen LogP contribution in [0.15, 0.2) is 24.3 Å². The number of hydrogen-bond donors (Lipinski definition) is 1. The maximum atomic E-state index is 12.5. The third-order valence-corrected chi connectivity index (χ3v) is 7.18. The van der Waals surface area contributed by atoms with Gasteiger partial charge in [0.05, 0.1) is 22.6 Å². The number of carbonyl (C=O) groups excluding carboxylic acids is 1. The van der Waals surface area contributed by atoms with E-state index in [1.165, 1.54) is 6.92 Å². The molecule has 6 nitrogen and oxygen atoms in total. The van der Waals surface area contributed by atoms with Crippen molar-refractivity contribution in [1.82, 2.24) is 4.90 Å². The van der Waals surface area contributed by atoms with Crippen LogP contribution in [0.2, 0.25) is 0 Å². The highest BCUT2D eigenvalue weighted by atomic mass is 35.5. The SMILES string of the molecule is CC(=O)Nc1ccc(C2(C)CC(Cl)C(Cl)CC2(N2CCCC2)[N+](=O)[O-])cc1. The molecule has 1 aromatic rings. The third-order valence-electron chi connectivity index (χ3n) is 6.13. The van der Waals surface area contributed by atoms with Crippen LogP contribution in [-0.2, 0) is 10.2 Å². The van der Waals surface area contributed by atoms with E-state index in [4.69, 9.17) is 23.2 Å². The summed E-state index contributed by atoms with van der Waals surface area (Å²) in [6.07, 6.45) is 2.52. The van der Waals surface area contributed by atoms with Gasteiger partial charge in [0.1, 0.15) is 0 Å². The molecule has 1 aliphatic carbocycles. The summed E-state index contributed by atoms with van der Waals surface area (Å²) in [5, 5.41) is 14.5. The van der Waals surface area contributed by atoms with Gasteiger partial charge in [0.2, 0.25) is 5.91 Å². The van der Waals surface area contributed by atoms with E-state index in [1.54, 1.807) is 12.1 Å². The van der Waals surface area contributed by atoms with Crippen LogP contribution in [0, 0.1) is 10.1 Å². The molecule has 1 N–H and O–H groups in total. The standard InChI is InChI=1S/C19H25Cl2N3O3/c1-13(25)22-15-7-5-14(6-8-15)18(2)11-16(20)17(21)12-19(18,24(26)27)23-9-3-4-10-23/h5-8,16-17H,3-4,9-12H2,1-2H3,(H,22,25).